The van der Waals surface area contributed by atoms with Gasteiger partial charge in [-0.25, -0.2) is 0 Å². The fourth-order valence-electron chi connectivity index (χ4n) is 2.23. The number of carboxylic acid groups (broad SMARTS) is 1. The van der Waals surface area contributed by atoms with E-state index >= 15 is 0 Å². The molecule has 0 spiro atoms. The first-order valence-electron chi connectivity index (χ1n) is 9.05. The molecule has 0 aromatic rings. The molecule has 3 nitrogen and oxygen atoms in total. The molecule has 0 saturated heterocycles. The first-order chi connectivity index (χ1) is 11.2. The van der Waals surface area contributed by atoms with Crippen molar-refractivity contribution in [2.24, 2.45) is 0 Å². The lowest BCUT2D eigenvalue weighted by Gasteiger charge is -2.02. The number of hydrogen-bond acceptors (Lipinski definition) is 2. The van der Waals surface area contributed by atoms with Gasteiger partial charge in [0.15, 0.2) is 0 Å². The summed E-state index contributed by atoms with van der Waals surface area (Å²) in [5.41, 5.74) is 0. The summed E-state index contributed by atoms with van der Waals surface area (Å²) < 4.78 is 0. The van der Waals surface area contributed by atoms with Gasteiger partial charge in [-0.05, 0) is 32.1 Å². The number of hydrogen-bond donors (Lipinski definition) is 2. The van der Waals surface area contributed by atoms with Gasteiger partial charge in [0.1, 0.15) is 0 Å². The van der Waals surface area contributed by atoms with Crippen LogP contribution in [0.4, 0.5) is 0 Å². The molecule has 0 amide bonds. The monoisotopic (exact) mass is 322 g/mol. The van der Waals surface area contributed by atoms with Crippen molar-refractivity contribution in [1.82, 2.24) is 0 Å². The molecule has 0 fully saturated rings. The van der Waals surface area contributed by atoms with E-state index in [4.69, 9.17) is 5.11 Å². The van der Waals surface area contributed by atoms with E-state index in [1.165, 1.54) is 12.8 Å². The maximum absolute atomic E-state index is 10.3. The van der Waals surface area contributed by atoms with Crippen molar-refractivity contribution in [2.75, 3.05) is 0 Å². The molecule has 0 bridgehead atoms. The summed E-state index contributed by atoms with van der Waals surface area (Å²) in [6.07, 6.45) is 22.5. The van der Waals surface area contributed by atoms with Crippen molar-refractivity contribution < 1.29 is 15.0 Å². The van der Waals surface area contributed by atoms with E-state index in [1.54, 1.807) is 0 Å². The van der Waals surface area contributed by atoms with Gasteiger partial charge >= 0.3 is 5.97 Å². The standard InChI is InChI=1S/C20H34O3/c1-2-3-13-16-19(21)17-14-11-9-7-5-4-6-8-10-12-15-18-20(22)23/h4-5,9,11,14,17,19,21H,2-3,6-8,10,12-13,15-16,18H2,1H3,(H,22,23)/t19-/m1/s1. The van der Waals surface area contributed by atoms with E-state index in [0.717, 1.165) is 51.4 Å². The third-order valence-corrected chi connectivity index (χ3v) is 3.63. The Bertz CT molecular complexity index is 356. The van der Waals surface area contributed by atoms with Crippen molar-refractivity contribution in [3.05, 3.63) is 36.5 Å². The van der Waals surface area contributed by atoms with E-state index in [9.17, 15) is 9.90 Å². The van der Waals surface area contributed by atoms with Crippen LogP contribution < -0.4 is 0 Å². The second kappa shape index (κ2) is 17.0. The normalized spacial score (nSPS) is 13.5. The highest BCUT2D eigenvalue weighted by Crippen LogP contribution is 2.06. The molecule has 3 heteroatoms. The summed E-state index contributed by atoms with van der Waals surface area (Å²) in [6.45, 7) is 2.16. The van der Waals surface area contributed by atoms with E-state index in [0.29, 0.717) is 6.42 Å². The number of aliphatic carboxylic acids is 1. The summed E-state index contributed by atoms with van der Waals surface area (Å²) in [7, 11) is 0. The van der Waals surface area contributed by atoms with Crippen LogP contribution in [-0.4, -0.2) is 22.3 Å². The summed E-state index contributed by atoms with van der Waals surface area (Å²) in [4.78, 5) is 10.3. The van der Waals surface area contributed by atoms with E-state index in [1.807, 2.05) is 18.2 Å². The van der Waals surface area contributed by atoms with Gasteiger partial charge in [-0.1, -0.05) is 75.5 Å². The predicted octanol–water partition coefficient (Wildman–Crippen LogP) is 5.41. The maximum Gasteiger partial charge on any atom is 0.303 e. The summed E-state index contributed by atoms with van der Waals surface area (Å²) in [6, 6.07) is 0. The largest absolute Gasteiger partial charge is 0.481 e. The SMILES string of the molecule is CCCCC[C@@H](O)C=CC=CCC=CCCCCCCC(=O)O. The molecule has 0 aliphatic heterocycles. The molecular weight excluding hydrogens is 288 g/mol. The molecule has 0 aromatic carbocycles. The molecule has 0 aliphatic rings. The zero-order valence-electron chi connectivity index (χ0n) is 14.6. The Morgan fingerprint density at radius 2 is 1.74 bits per heavy atom. The van der Waals surface area contributed by atoms with Gasteiger partial charge < -0.3 is 10.2 Å². The van der Waals surface area contributed by atoms with Crippen LogP contribution in [0.2, 0.25) is 0 Å². The van der Waals surface area contributed by atoms with Crippen LogP contribution in [0.15, 0.2) is 36.5 Å². The van der Waals surface area contributed by atoms with Crippen LogP contribution >= 0.6 is 0 Å². The molecule has 1 atom stereocenters. The van der Waals surface area contributed by atoms with Gasteiger partial charge in [0, 0.05) is 6.42 Å². The summed E-state index contributed by atoms with van der Waals surface area (Å²) in [5.74, 6) is -0.695. The van der Waals surface area contributed by atoms with Crippen LogP contribution in [0.5, 0.6) is 0 Å². The number of aliphatic hydroxyl groups excluding tert-OH is 1. The van der Waals surface area contributed by atoms with Gasteiger partial charge in [0.05, 0.1) is 6.10 Å². The number of carbonyl (C=O) groups is 1. The second-order valence-corrected chi connectivity index (χ2v) is 5.93. The molecule has 0 aliphatic carbocycles. The van der Waals surface area contributed by atoms with Crippen molar-refractivity contribution in [2.45, 2.75) is 83.7 Å². The number of aliphatic hydroxyl groups is 1. The Hall–Kier alpha value is -1.35. The molecule has 0 saturated carbocycles. The smallest absolute Gasteiger partial charge is 0.303 e. The van der Waals surface area contributed by atoms with Gasteiger partial charge in [-0.3, -0.25) is 4.79 Å². The fourth-order valence-corrected chi connectivity index (χ4v) is 2.23. The van der Waals surface area contributed by atoms with Gasteiger partial charge in [0.2, 0.25) is 0 Å². The highest BCUT2D eigenvalue weighted by Gasteiger charge is 1.96. The highest BCUT2D eigenvalue weighted by atomic mass is 16.4. The van der Waals surface area contributed by atoms with E-state index in [2.05, 4.69) is 25.2 Å². The lowest BCUT2D eigenvalue weighted by atomic mass is 10.1. The van der Waals surface area contributed by atoms with Crippen LogP contribution in [0.25, 0.3) is 0 Å². The molecule has 0 aromatic heterocycles. The van der Waals surface area contributed by atoms with E-state index < -0.39 is 5.97 Å². The van der Waals surface area contributed by atoms with Gasteiger partial charge in [-0.2, -0.15) is 0 Å². The van der Waals surface area contributed by atoms with Crippen LogP contribution in [0.3, 0.4) is 0 Å². The van der Waals surface area contributed by atoms with Crippen molar-refractivity contribution >= 4 is 5.97 Å². The van der Waals surface area contributed by atoms with Gasteiger partial charge in [0.25, 0.3) is 0 Å². The molecule has 0 rings (SSSR count). The molecular formula is C20H34O3. The van der Waals surface area contributed by atoms with E-state index in [-0.39, 0.29) is 6.10 Å². The zero-order valence-corrected chi connectivity index (χ0v) is 14.6. The minimum atomic E-state index is -0.695. The second-order valence-electron chi connectivity index (χ2n) is 5.93. The number of unbranched alkanes of at least 4 members (excludes halogenated alkanes) is 6. The first kappa shape index (κ1) is 21.6. The molecule has 0 unspecified atom stereocenters. The Morgan fingerprint density at radius 1 is 0.957 bits per heavy atom. The maximum atomic E-state index is 10.3. The third kappa shape index (κ3) is 18.6. The topological polar surface area (TPSA) is 57.5 Å². The highest BCUT2D eigenvalue weighted by molar-refractivity contribution is 5.66. The molecule has 2 N–H and O–H groups in total. The molecule has 23 heavy (non-hydrogen) atoms. The van der Waals surface area contributed by atoms with Crippen molar-refractivity contribution in [3.8, 4) is 0 Å². The minimum absolute atomic E-state index is 0.293. The first-order valence-corrected chi connectivity index (χ1v) is 9.05. The van der Waals surface area contributed by atoms with Crippen molar-refractivity contribution in [3.63, 3.8) is 0 Å². The van der Waals surface area contributed by atoms with Crippen molar-refractivity contribution in [1.29, 1.82) is 0 Å². The summed E-state index contributed by atoms with van der Waals surface area (Å²) >= 11 is 0. The molecule has 0 heterocycles. The Morgan fingerprint density at radius 3 is 2.48 bits per heavy atom. The number of carboxylic acids is 1. The van der Waals surface area contributed by atoms with Crippen LogP contribution in [0.1, 0.15) is 77.6 Å². The fraction of sp³-hybridized carbons (Fsp3) is 0.650. The zero-order chi connectivity index (χ0) is 17.2. The molecule has 132 valence electrons. The lowest BCUT2D eigenvalue weighted by Crippen LogP contribution is -2.00. The van der Waals surface area contributed by atoms with Crippen LogP contribution in [-0.2, 0) is 4.79 Å². The number of allylic oxidation sites excluding steroid dienone is 5. The summed E-state index contributed by atoms with van der Waals surface area (Å²) in [5, 5.41) is 18.2. The Balaban J connectivity index is 3.45. The Kier molecular flexibility index (Phi) is 16.0. The van der Waals surface area contributed by atoms with Crippen LogP contribution in [0, 0.1) is 0 Å². The average molecular weight is 322 g/mol. The third-order valence-electron chi connectivity index (χ3n) is 3.63. The Labute approximate surface area is 141 Å². The lowest BCUT2D eigenvalue weighted by molar-refractivity contribution is -0.137. The molecule has 0 radical (unpaired) electrons. The van der Waals surface area contributed by atoms with Gasteiger partial charge in [-0.15, -0.1) is 0 Å². The minimum Gasteiger partial charge on any atom is -0.481 e. The number of rotatable bonds is 15. The average Bonchev–Trinajstić information content (AvgIpc) is 2.51. The quantitative estimate of drug-likeness (QED) is 0.241. The predicted molar refractivity (Wildman–Crippen MR) is 97.5 cm³/mol.